The summed E-state index contributed by atoms with van der Waals surface area (Å²) in [5, 5.41) is 11.5. The largest absolute Gasteiger partial charge is 0.480 e. The maximum atomic E-state index is 11.1. The first-order chi connectivity index (χ1) is 9.56. The number of carbonyl (C=O) groups is 2. The number of nitrogens with one attached hydrogen (secondary N) is 1. The van der Waals surface area contributed by atoms with Crippen LogP contribution in [-0.2, 0) is 16.0 Å². The van der Waals surface area contributed by atoms with Gasteiger partial charge in [0.1, 0.15) is 11.8 Å². The average Bonchev–Trinajstić information content (AvgIpc) is 2.92. The molecule has 0 bridgehead atoms. The molecule has 1 amide bonds. The zero-order valence-corrected chi connectivity index (χ0v) is 11.0. The molecule has 0 aliphatic heterocycles. The lowest BCUT2D eigenvalue weighted by Gasteiger charge is -2.13. The van der Waals surface area contributed by atoms with Crippen molar-refractivity contribution in [2.24, 2.45) is 0 Å². The van der Waals surface area contributed by atoms with Gasteiger partial charge in [0.2, 0.25) is 5.91 Å². The third-order valence-corrected chi connectivity index (χ3v) is 2.88. The van der Waals surface area contributed by atoms with E-state index in [0.29, 0.717) is 0 Å². The van der Waals surface area contributed by atoms with Crippen LogP contribution in [0.25, 0.3) is 11.3 Å². The summed E-state index contributed by atoms with van der Waals surface area (Å²) in [7, 11) is 0. The van der Waals surface area contributed by atoms with Gasteiger partial charge in [-0.25, -0.2) is 4.79 Å². The second kappa shape index (κ2) is 6.06. The second-order valence-electron chi connectivity index (χ2n) is 4.47. The summed E-state index contributed by atoms with van der Waals surface area (Å²) in [6, 6.07) is 10.1. The fourth-order valence-electron chi connectivity index (χ4n) is 1.93. The molecule has 0 aliphatic rings. The standard InChI is InChI=1S/C15H15NO4/c1-10(17)16-13(15(18)19)9-11-4-6-12(7-5-11)14-3-2-8-20-14/h2-8,13H,9H2,1H3,(H,16,17)(H,18,19). The molecule has 1 unspecified atom stereocenters. The lowest BCUT2D eigenvalue weighted by atomic mass is 10.0. The van der Waals surface area contributed by atoms with E-state index in [4.69, 9.17) is 9.52 Å². The minimum absolute atomic E-state index is 0.243. The van der Waals surface area contributed by atoms with Crippen LogP contribution in [0.15, 0.2) is 47.1 Å². The molecular weight excluding hydrogens is 258 g/mol. The highest BCUT2D eigenvalue weighted by molar-refractivity contribution is 5.82. The zero-order valence-electron chi connectivity index (χ0n) is 11.0. The monoisotopic (exact) mass is 273 g/mol. The third-order valence-electron chi connectivity index (χ3n) is 2.88. The van der Waals surface area contributed by atoms with Gasteiger partial charge in [-0.3, -0.25) is 4.79 Å². The van der Waals surface area contributed by atoms with Gasteiger partial charge < -0.3 is 14.8 Å². The minimum atomic E-state index is -1.05. The van der Waals surface area contributed by atoms with Gasteiger partial charge in [0.15, 0.2) is 0 Å². The topological polar surface area (TPSA) is 79.5 Å². The minimum Gasteiger partial charge on any atom is -0.480 e. The molecule has 104 valence electrons. The smallest absolute Gasteiger partial charge is 0.326 e. The summed E-state index contributed by atoms with van der Waals surface area (Å²) in [6.07, 6.45) is 1.84. The number of carbonyl (C=O) groups excluding carboxylic acids is 1. The maximum absolute atomic E-state index is 11.1. The third kappa shape index (κ3) is 3.47. The van der Waals surface area contributed by atoms with Crippen LogP contribution in [0.2, 0.25) is 0 Å². The number of amides is 1. The fraction of sp³-hybridized carbons (Fsp3) is 0.200. The molecule has 0 saturated carbocycles. The summed E-state index contributed by atoms with van der Waals surface area (Å²) >= 11 is 0. The molecule has 1 aromatic carbocycles. The number of benzene rings is 1. The van der Waals surface area contributed by atoms with Crippen LogP contribution in [0.5, 0.6) is 0 Å². The van der Waals surface area contributed by atoms with Crippen molar-refractivity contribution in [3.05, 3.63) is 48.2 Å². The molecule has 0 fully saturated rings. The van der Waals surface area contributed by atoms with Gasteiger partial charge in [0.05, 0.1) is 6.26 Å². The highest BCUT2D eigenvalue weighted by Crippen LogP contribution is 2.20. The van der Waals surface area contributed by atoms with E-state index < -0.39 is 12.0 Å². The molecule has 2 aromatic rings. The zero-order chi connectivity index (χ0) is 14.5. The van der Waals surface area contributed by atoms with E-state index in [2.05, 4.69) is 5.32 Å². The first-order valence-corrected chi connectivity index (χ1v) is 6.19. The Morgan fingerprint density at radius 1 is 1.25 bits per heavy atom. The van der Waals surface area contributed by atoms with E-state index in [9.17, 15) is 9.59 Å². The van der Waals surface area contributed by atoms with Gasteiger partial charge in [-0.1, -0.05) is 24.3 Å². The normalized spacial score (nSPS) is 11.8. The Morgan fingerprint density at radius 3 is 2.45 bits per heavy atom. The van der Waals surface area contributed by atoms with Gasteiger partial charge in [-0.2, -0.15) is 0 Å². The van der Waals surface area contributed by atoms with Crippen molar-refractivity contribution in [2.75, 3.05) is 0 Å². The average molecular weight is 273 g/mol. The Hall–Kier alpha value is -2.56. The van der Waals surface area contributed by atoms with Crippen LogP contribution >= 0.6 is 0 Å². The van der Waals surface area contributed by atoms with Crippen LogP contribution < -0.4 is 5.32 Å². The van der Waals surface area contributed by atoms with Gasteiger partial charge in [-0.05, 0) is 17.7 Å². The Bertz CT molecular complexity index is 587. The first-order valence-electron chi connectivity index (χ1n) is 6.19. The summed E-state index contributed by atoms with van der Waals surface area (Å²) < 4.78 is 5.28. The van der Waals surface area contributed by atoms with E-state index in [1.807, 2.05) is 30.3 Å². The lowest BCUT2D eigenvalue weighted by molar-refractivity contribution is -0.141. The quantitative estimate of drug-likeness (QED) is 0.874. The molecule has 0 aliphatic carbocycles. The molecule has 1 atom stereocenters. The SMILES string of the molecule is CC(=O)NC(Cc1ccc(-c2ccco2)cc1)C(=O)O. The molecule has 1 heterocycles. The number of aliphatic carboxylic acids is 1. The van der Waals surface area contributed by atoms with Gasteiger partial charge in [0, 0.05) is 18.9 Å². The van der Waals surface area contributed by atoms with Crippen LogP contribution in [0, 0.1) is 0 Å². The highest BCUT2D eigenvalue weighted by Gasteiger charge is 2.18. The van der Waals surface area contributed by atoms with E-state index in [0.717, 1.165) is 16.9 Å². The molecule has 2 rings (SSSR count). The molecule has 0 radical (unpaired) electrons. The lowest BCUT2D eigenvalue weighted by Crippen LogP contribution is -2.41. The molecule has 0 saturated heterocycles. The Kier molecular flexibility index (Phi) is 4.20. The number of furan rings is 1. The van der Waals surface area contributed by atoms with Crippen molar-refractivity contribution in [2.45, 2.75) is 19.4 Å². The fourth-order valence-corrected chi connectivity index (χ4v) is 1.93. The predicted octanol–water partition coefficient (Wildman–Crippen LogP) is 2.08. The molecule has 5 heteroatoms. The summed E-state index contributed by atoms with van der Waals surface area (Å²) in [5.74, 6) is -0.645. The number of hydrogen-bond donors (Lipinski definition) is 2. The van der Waals surface area contributed by atoms with E-state index in [-0.39, 0.29) is 12.3 Å². The van der Waals surface area contributed by atoms with E-state index >= 15 is 0 Å². The van der Waals surface area contributed by atoms with E-state index in [1.54, 1.807) is 12.3 Å². The number of rotatable bonds is 5. The van der Waals surface area contributed by atoms with Crippen LogP contribution in [-0.4, -0.2) is 23.0 Å². The molecule has 0 spiro atoms. The van der Waals surface area contributed by atoms with Crippen molar-refractivity contribution >= 4 is 11.9 Å². The molecule has 5 nitrogen and oxygen atoms in total. The predicted molar refractivity (Wildman–Crippen MR) is 73.1 cm³/mol. The van der Waals surface area contributed by atoms with Crippen LogP contribution in [0.1, 0.15) is 12.5 Å². The summed E-state index contributed by atoms with van der Waals surface area (Å²) in [6.45, 7) is 1.30. The Balaban J connectivity index is 2.09. The second-order valence-corrected chi connectivity index (χ2v) is 4.47. The number of carboxylic acids is 1. The van der Waals surface area contributed by atoms with Crippen molar-refractivity contribution in [1.29, 1.82) is 0 Å². The Morgan fingerprint density at radius 2 is 1.95 bits per heavy atom. The van der Waals surface area contributed by atoms with Crippen molar-refractivity contribution in [3.63, 3.8) is 0 Å². The molecular formula is C15H15NO4. The molecule has 20 heavy (non-hydrogen) atoms. The molecule has 1 aromatic heterocycles. The van der Waals surface area contributed by atoms with Crippen molar-refractivity contribution in [1.82, 2.24) is 5.32 Å². The maximum Gasteiger partial charge on any atom is 0.326 e. The number of carboxylic acid groups (broad SMARTS) is 1. The van der Waals surface area contributed by atoms with Crippen LogP contribution in [0.4, 0.5) is 0 Å². The summed E-state index contributed by atoms with van der Waals surface area (Å²) in [4.78, 5) is 22.0. The van der Waals surface area contributed by atoms with Crippen molar-refractivity contribution < 1.29 is 19.1 Å². The van der Waals surface area contributed by atoms with Gasteiger partial charge >= 0.3 is 5.97 Å². The van der Waals surface area contributed by atoms with Crippen LogP contribution in [0.3, 0.4) is 0 Å². The highest BCUT2D eigenvalue weighted by atomic mass is 16.4. The Labute approximate surface area is 116 Å². The number of hydrogen-bond acceptors (Lipinski definition) is 3. The van der Waals surface area contributed by atoms with Gasteiger partial charge in [0.25, 0.3) is 0 Å². The van der Waals surface area contributed by atoms with Gasteiger partial charge in [-0.15, -0.1) is 0 Å². The molecule has 2 N–H and O–H groups in total. The summed E-state index contributed by atoms with van der Waals surface area (Å²) in [5.41, 5.74) is 1.76. The van der Waals surface area contributed by atoms with E-state index in [1.165, 1.54) is 6.92 Å². The van der Waals surface area contributed by atoms with Crippen molar-refractivity contribution in [3.8, 4) is 11.3 Å². The first kappa shape index (κ1) is 13.9.